The van der Waals surface area contributed by atoms with E-state index in [1.54, 1.807) is 0 Å². The summed E-state index contributed by atoms with van der Waals surface area (Å²) >= 11 is 0. The highest BCUT2D eigenvalue weighted by Gasteiger charge is 2.08. The van der Waals surface area contributed by atoms with Gasteiger partial charge in [0.1, 0.15) is 0 Å². The summed E-state index contributed by atoms with van der Waals surface area (Å²) in [7, 11) is 0. The summed E-state index contributed by atoms with van der Waals surface area (Å²) in [6, 6.07) is 0.534. The Morgan fingerprint density at radius 3 is 2.56 bits per heavy atom. The van der Waals surface area contributed by atoms with E-state index in [-0.39, 0.29) is 0 Å². The van der Waals surface area contributed by atoms with Crippen molar-refractivity contribution < 1.29 is 0 Å². The molecule has 92 valence electrons. The van der Waals surface area contributed by atoms with Gasteiger partial charge in [-0.05, 0) is 27.2 Å². The second-order valence-corrected chi connectivity index (χ2v) is 4.70. The molecule has 1 unspecified atom stereocenters. The molecule has 0 spiro atoms. The molecule has 0 aromatic carbocycles. The Morgan fingerprint density at radius 2 is 2.00 bits per heavy atom. The zero-order chi connectivity index (χ0) is 12.0. The van der Waals surface area contributed by atoms with Gasteiger partial charge in [0.25, 0.3) is 0 Å². The van der Waals surface area contributed by atoms with Crippen molar-refractivity contribution in [1.82, 2.24) is 10.2 Å². The van der Waals surface area contributed by atoms with Crippen LogP contribution >= 0.6 is 0 Å². The van der Waals surface area contributed by atoms with Crippen molar-refractivity contribution in [2.75, 3.05) is 5.32 Å². The van der Waals surface area contributed by atoms with E-state index < -0.39 is 0 Å². The van der Waals surface area contributed by atoms with Gasteiger partial charge < -0.3 is 5.32 Å². The largest absolute Gasteiger partial charge is 0.380 e. The third-order valence-electron chi connectivity index (χ3n) is 3.01. The van der Waals surface area contributed by atoms with Gasteiger partial charge in [0.15, 0.2) is 0 Å². The van der Waals surface area contributed by atoms with E-state index >= 15 is 0 Å². The lowest BCUT2D eigenvalue weighted by Crippen LogP contribution is -2.15. The van der Waals surface area contributed by atoms with Crippen molar-refractivity contribution in [2.24, 2.45) is 0 Å². The number of unbranched alkanes of at least 4 members (excludes halogenated alkanes) is 3. The molecule has 0 amide bonds. The molecule has 0 aliphatic heterocycles. The summed E-state index contributed by atoms with van der Waals surface area (Å²) < 4.78 is 0. The Hall–Kier alpha value is -0.990. The van der Waals surface area contributed by atoms with Crippen molar-refractivity contribution in [1.29, 1.82) is 0 Å². The molecule has 1 heterocycles. The number of nitrogens with one attached hydrogen (secondary N) is 2. The smallest absolute Gasteiger partial charge is 0.0825 e. The molecule has 0 saturated heterocycles. The molecule has 3 heteroatoms. The van der Waals surface area contributed by atoms with Gasteiger partial charge in [0.2, 0.25) is 0 Å². The Bertz CT molecular complexity index is 285. The zero-order valence-corrected chi connectivity index (χ0v) is 11.1. The first-order valence-corrected chi connectivity index (χ1v) is 6.43. The monoisotopic (exact) mass is 223 g/mol. The van der Waals surface area contributed by atoms with Crippen LogP contribution < -0.4 is 5.32 Å². The van der Waals surface area contributed by atoms with E-state index in [0.29, 0.717) is 6.04 Å². The second-order valence-electron chi connectivity index (χ2n) is 4.70. The standard InChI is InChI=1S/C13H25N3/c1-5-6-7-8-9-10(2)14-13-11(3)15-16-12(13)4/h10,14H,5-9H2,1-4H3,(H,15,16). The van der Waals surface area contributed by atoms with E-state index in [1.165, 1.54) is 37.8 Å². The molecular formula is C13H25N3. The number of anilines is 1. The molecule has 0 radical (unpaired) electrons. The maximum atomic E-state index is 4.19. The van der Waals surface area contributed by atoms with E-state index in [2.05, 4.69) is 36.3 Å². The Balaban J connectivity index is 2.31. The number of nitrogens with zero attached hydrogens (tertiary/aromatic N) is 1. The molecule has 0 fully saturated rings. The van der Waals surface area contributed by atoms with Crippen molar-refractivity contribution >= 4 is 5.69 Å². The van der Waals surface area contributed by atoms with E-state index in [4.69, 9.17) is 0 Å². The Labute approximate surface area is 99.0 Å². The number of hydrogen-bond donors (Lipinski definition) is 2. The summed E-state index contributed by atoms with van der Waals surface area (Å²) in [4.78, 5) is 0. The number of hydrogen-bond acceptors (Lipinski definition) is 2. The predicted molar refractivity (Wildman–Crippen MR) is 69.9 cm³/mol. The van der Waals surface area contributed by atoms with Crippen molar-refractivity contribution in [3.8, 4) is 0 Å². The molecule has 0 aliphatic carbocycles. The average molecular weight is 223 g/mol. The molecule has 0 aliphatic rings. The van der Waals surface area contributed by atoms with Crippen LogP contribution in [0.25, 0.3) is 0 Å². The van der Waals surface area contributed by atoms with Gasteiger partial charge in [-0.3, -0.25) is 5.10 Å². The van der Waals surface area contributed by atoms with Crippen LogP contribution in [-0.2, 0) is 0 Å². The average Bonchev–Trinajstić information content (AvgIpc) is 2.56. The van der Waals surface area contributed by atoms with Crippen molar-refractivity contribution in [3.05, 3.63) is 11.4 Å². The molecular weight excluding hydrogens is 198 g/mol. The molecule has 1 atom stereocenters. The summed E-state index contributed by atoms with van der Waals surface area (Å²) in [6.45, 7) is 8.60. The molecule has 0 saturated carbocycles. The van der Waals surface area contributed by atoms with Gasteiger partial charge in [-0.2, -0.15) is 5.10 Å². The maximum Gasteiger partial charge on any atom is 0.0825 e. The van der Waals surface area contributed by atoms with Gasteiger partial charge in [-0.25, -0.2) is 0 Å². The quantitative estimate of drug-likeness (QED) is 0.690. The molecule has 2 N–H and O–H groups in total. The number of aryl methyl sites for hydroxylation is 2. The lowest BCUT2D eigenvalue weighted by Gasteiger charge is -2.15. The van der Waals surface area contributed by atoms with Crippen LogP contribution in [0.1, 0.15) is 57.3 Å². The zero-order valence-electron chi connectivity index (χ0n) is 11.1. The van der Waals surface area contributed by atoms with E-state index in [0.717, 1.165) is 11.4 Å². The van der Waals surface area contributed by atoms with Crippen molar-refractivity contribution in [3.63, 3.8) is 0 Å². The van der Waals surface area contributed by atoms with Gasteiger partial charge in [-0.1, -0.05) is 32.6 Å². The molecule has 1 rings (SSSR count). The second kappa shape index (κ2) is 6.56. The Kier molecular flexibility index (Phi) is 5.36. The lowest BCUT2D eigenvalue weighted by atomic mass is 10.1. The van der Waals surface area contributed by atoms with Crippen LogP contribution in [0.2, 0.25) is 0 Å². The molecule has 16 heavy (non-hydrogen) atoms. The molecule has 0 bridgehead atoms. The third kappa shape index (κ3) is 3.87. The number of aromatic amines is 1. The minimum absolute atomic E-state index is 0.534. The Morgan fingerprint density at radius 1 is 1.25 bits per heavy atom. The number of H-pyrrole nitrogens is 1. The van der Waals surface area contributed by atoms with Crippen LogP contribution in [0.5, 0.6) is 0 Å². The summed E-state index contributed by atoms with van der Waals surface area (Å²) in [6.07, 6.45) is 6.58. The van der Waals surface area contributed by atoms with Crippen LogP contribution in [0.4, 0.5) is 5.69 Å². The highest BCUT2D eigenvalue weighted by Crippen LogP contribution is 2.18. The summed E-state index contributed by atoms with van der Waals surface area (Å²) in [5.74, 6) is 0. The third-order valence-corrected chi connectivity index (χ3v) is 3.01. The van der Waals surface area contributed by atoms with E-state index in [9.17, 15) is 0 Å². The fourth-order valence-electron chi connectivity index (χ4n) is 1.96. The summed E-state index contributed by atoms with van der Waals surface area (Å²) in [5, 5.41) is 10.7. The SMILES string of the molecule is CCCCCCC(C)Nc1c(C)n[nH]c1C. The maximum absolute atomic E-state index is 4.19. The lowest BCUT2D eigenvalue weighted by molar-refractivity contribution is 0.593. The number of rotatable bonds is 7. The highest BCUT2D eigenvalue weighted by atomic mass is 15.2. The minimum atomic E-state index is 0.534. The van der Waals surface area contributed by atoms with Gasteiger partial charge in [0.05, 0.1) is 17.1 Å². The van der Waals surface area contributed by atoms with Gasteiger partial charge in [-0.15, -0.1) is 0 Å². The first kappa shape index (κ1) is 13.1. The normalized spacial score (nSPS) is 12.8. The van der Waals surface area contributed by atoms with Crippen LogP contribution in [-0.4, -0.2) is 16.2 Å². The fraction of sp³-hybridized carbons (Fsp3) is 0.769. The van der Waals surface area contributed by atoms with Gasteiger partial charge >= 0.3 is 0 Å². The van der Waals surface area contributed by atoms with E-state index in [1.807, 2.05) is 6.92 Å². The molecule has 1 aromatic heterocycles. The van der Waals surface area contributed by atoms with Crippen LogP contribution in [0.15, 0.2) is 0 Å². The van der Waals surface area contributed by atoms with Crippen LogP contribution in [0, 0.1) is 13.8 Å². The fourth-order valence-corrected chi connectivity index (χ4v) is 1.96. The molecule has 1 aromatic rings. The number of aromatic nitrogens is 2. The molecule has 3 nitrogen and oxygen atoms in total. The topological polar surface area (TPSA) is 40.7 Å². The summed E-state index contributed by atoms with van der Waals surface area (Å²) in [5.41, 5.74) is 3.39. The van der Waals surface area contributed by atoms with Gasteiger partial charge in [0, 0.05) is 6.04 Å². The highest BCUT2D eigenvalue weighted by molar-refractivity contribution is 5.51. The first-order chi connectivity index (χ1) is 7.65. The van der Waals surface area contributed by atoms with Crippen molar-refractivity contribution in [2.45, 2.75) is 65.8 Å². The predicted octanol–water partition coefficient (Wildman–Crippen LogP) is 3.80. The first-order valence-electron chi connectivity index (χ1n) is 6.43. The minimum Gasteiger partial charge on any atom is -0.380 e. The van der Waals surface area contributed by atoms with Crippen LogP contribution in [0.3, 0.4) is 0 Å².